The quantitative estimate of drug-likeness (QED) is 0.326. The first-order chi connectivity index (χ1) is 14.2. The normalized spacial score (nSPS) is 10.2. The number of hydrogen-bond acceptors (Lipinski definition) is 3. The summed E-state index contributed by atoms with van der Waals surface area (Å²) in [6, 6.07) is 26.1. The molecule has 3 N–H and O–H groups in total. The summed E-state index contributed by atoms with van der Waals surface area (Å²) in [6.07, 6.45) is 1.24. The van der Waals surface area contributed by atoms with Gasteiger partial charge in [0.05, 0.1) is 0 Å². The Labute approximate surface area is 174 Å². The Kier molecular flexibility index (Phi) is 7.72. The monoisotopic (exact) mass is 405 g/mol. The van der Waals surface area contributed by atoms with Crippen molar-refractivity contribution < 1.29 is 9.59 Å². The Morgan fingerprint density at radius 2 is 1.28 bits per heavy atom. The third kappa shape index (κ3) is 7.35. The summed E-state index contributed by atoms with van der Waals surface area (Å²) < 4.78 is 0. The smallest absolute Gasteiger partial charge is 0.323 e. The fraction of sp³-hybridized carbons (Fsp3) is 0.130. The largest absolute Gasteiger partial charge is 0.326 e. The van der Waals surface area contributed by atoms with Gasteiger partial charge in [-0.25, -0.2) is 4.79 Å². The second-order valence-corrected chi connectivity index (χ2v) is 7.51. The number of para-hydroxylation sites is 1. The van der Waals surface area contributed by atoms with E-state index < -0.39 is 0 Å². The Hall–Kier alpha value is -3.25. The molecule has 0 aromatic heterocycles. The van der Waals surface area contributed by atoms with Crippen LogP contribution in [-0.4, -0.2) is 17.7 Å². The van der Waals surface area contributed by atoms with E-state index >= 15 is 0 Å². The molecule has 0 aliphatic carbocycles. The van der Waals surface area contributed by atoms with E-state index in [0.29, 0.717) is 23.5 Å². The molecule has 0 saturated heterocycles. The number of benzene rings is 3. The maximum absolute atomic E-state index is 12.2. The van der Waals surface area contributed by atoms with Gasteiger partial charge in [0, 0.05) is 28.4 Å². The number of thioether (sulfide) groups is 1. The summed E-state index contributed by atoms with van der Waals surface area (Å²) in [5.41, 5.74) is 1.97. The molecule has 0 heterocycles. The first-order valence-corrected chi connectivity index (χ1v) is 10.4. The average Bonchev–Trinajstić information content (AvgIpc) is 2.73. The van der Waals surface area contributed by atoms with E-state index in [0.717, 1.165) is 12.2 Å². The van der Waals surface area contributed by atoms with Crippen LogP contribution in [0.1, 0.15) is 12.8 Å². The van der Waals surface area contributed by atoms with Crippen molar-refractivity contribution in [2.24, 2.45) is 0 Å². The Morgan fingerprint density at radius 3 is 2.00 bits per heavy atom. The molecular weight excluding hydrogens is 382 g/mol. The number of nitrogens with one attached hydrogen (secondary N) is 3. The number of carbonyl (C=O) groups excluding carboxylic acids is 2. The van der Waals surface area contributed by atoms with E-state index in [9.17, 15) is 9.59 Å². The number of anilines is 3. The average molecular weight is 406 g/mol. The van der Waals surface area contributed by atoms with Crippen molar-refractivity contribution in [2.45, 2.75) is 17.7 Å². The molecule has 0 unspecified atom stereocenters. The van der Waals surface area contributed by atoms with Crippen LogP contribution < -0.4 is 16.0 Å². The van der Waals surface area contributed by atoms with Gasteiger partial charge in [-0.05, 0) is 54.6 Å². The summed E-state index contributed by atoms with van der Waals surface area (Å²) in [5.74, 6) is 0.850. The van der Waals surface area contributed by atoms with E-state index in [2.05, 4.69) is 28.1 Å². The topological polar surface area (TPSA) is 70.2 Å². The second kappa shape index (κ2) is 10.9. The van der Waals surface area contributed by atoms with Crippen LogP contribution in [0.4, 0.5) is 21.9 Å². The molecule has 5 nitrogen and oxygen atoms in total. The minimum absolute atomic E-state index is 0.0375. The van der Waals surface area contributed by atoms with Crippen LogP contribution in [0.15, 0.2) is 89.8 Å². The summed E-state index contributed by atoms with van der Waals surface area (Å²) in [7, 11) is 0. The zero-order chi connectivity index (χ0) is 20.3. The summed E-state index contributed by atoms with van der Waals surface area (Å²) in [4.78, 5) is 25.5. The molecular formula is C23H23N3O2S. The van der Waals surface area contributed by atoms with Gasteiger partial charge in [-0.15, -0.1) is 11.8 Å². The Balaban J connectivity index is 1.42. The third-order valence-corrected chi connectivity index (χ3v) is 5.09. The van der Waals surface area contributed by atoms with E-state index in [1.54, 1.807) is 36.0 Å². The Bertz CT molecular complexity index is 933. The van der Waals surface area contributed by atoms with Gasteiger partial charge in [0.25, 0.3) is 0 Å². The SMILES string of the molecule is O=C(CCCSc1ccccc1)Nc1cccc(NC(=O)Nc2ccccc2)c1. The van der Waals surface area contributed by atoms with Crippen molar-refractivity contribution in [1.29, 1.82) is 0 Å². The van der Waals surface area contributed by atoms with Gasteiger partial charge in [0.15, 0.2) is 0 Å². The van der Waals surface area contributed by atoms with Crippen LogP contribution in [0.25, 0.3) is 0 Å². The fourth-order valence-corrected chi connectivity index (χ4v) is 3.53. The highest BCUT2D eigenvalue weighted by Crippen LogP contribution is 2.19. The van der Waals surface area contributed by atoms with E-state index in [4.69, 9.17) is 0 Å². The lowest BCUT2D eigenvalue weighted by Gasteiger charge is -2.10. The molecule has 0 radical (unpaired) electrons. The van der Waals surface area contributed by atoms with Crippen LogP contribution in [-0.2, 0) is 4.79 Å². The number of carbonyl (C=O) groups is 2. The summed E-state index contributed by atoms with van der Waals surface area (Å²) in [6.45, 7) is 0. The van der Waals surface area contributed by atoms with Crippen molar-refractivity contribution >= 4 is 40.8 Å². The first kappa shape index (κ1) is 20.5. The summed E-state index contributed by atoms with van der Waals surface area (Å²) >= 11 is 1.74. The number of hydrogen-bond donors (Lipinski definition) is 3. The van der Waals surface area contributed by atoms with Crippen LogP contribution in [0, 0.1) is 0 Å². The van der Waals surface area contributed by atoms with Crippen LogP contribution in [0.3, 0.4) is 0 Å². The van der Waals surface area contributed by atoms with E-state index in [1.807, 2.05) is 48.5 Å². The maximum Gasteiger partial charge on any atom is 0.323 e. The van der Waals surface area contributed by atoms with Gasteiger partial charge >= 0.3 is 6.03 Å². The van der Waals surface area contributed by atoms with Gasteiger partial charge in [-0.3, -0.25) is 4.79 Å². The minimum Gasteiger partial charge on any atom is -0.326 e. The summed E-state index contributed by atoms with van der Waals surface area (Å²) in [5, 5.41) is 8.41. The van der Waals surface area contributed by atoms with Crippen molar-refractivity contribution in [3.63, 3.8) is 0 Å². The van der Waals surface area contributed by atoms with Crippen LogP contribution in [0.5, 0.6) is 0 Å². The van der Waals surface area contributed by atoms with Gasteiger partial charge in [-0.1, -0.05) is 42.5 Å². The van der Waals surface area contributed by atoms with E-state index in [-0.39, 0.29) is 11.9 Å². The zero-order valence-electron chi connectivity index (χ0n) is 15.9. The molecule has 3 rings (SSSR count). The molecule has 3 aromatic carbocycles. The van der Waals surface area contributed by atoms with Crippen molar-refractivity contribution in [2.75, 3.05) is 21.7 Å². The van der Waals surface area contributed by atoms with Gasteiger partial charge in [0.1, 0.15) is 0 Å². The molecule has 0 bridgehead atoms. The highest BCUT2D eigenvalue weighted by atomic mass is 32.2. The molecule has 29 heavy (non-hydrogen) atoms. The highest BCUT2D eigenvalue weighted by Gasteiger charge is 2.06. The number of rotatable bonds is 8. The number of urea groups is 1. The highest BCUT2D eigenvalue weighted by molar-refractivity contribution is 7.99. The lowest BCUT2D eigenvalue weighted by Crippen LogP contribution is -2.19. The molecule has 0 aliphatic rings. The fourth-order valence-electron chi connectivity index (χ4n) is 2.65. The third-order valence-electron chi connectivity index (χ3n) is 4.00. The molecule has 148 valence electrons. The molecule has 3 aromatic rings. The van der Waals surface area contributed by atoms with Crippen molar-refractivity contribution in [3.05, 3.63) is 84.9 Å². The molecule has 3 amide bonds. The molecule has 6 heteroatoms. The van der Waals surface area contributed by atoms with Gasteiger partial charge in [0.2, 0.25) is 5.91 Å². The van der Waals surface area contributed by atoms with Gasteiger partial charge in [-0.2, -0.15) is 0 Å². The zero-order valence-corrected chi connectivity index (χ0v) is 16.7. The number of amides is 3. The Morgan fingerprint density at radius 1 is 0.690 bits per heavy atom. The second-order valence-electron chi connectivity index (χ2n) is 6.34. The molecule has 0 aliphatic heterocycles. The maximum atomic E-state index is 12.2. The predicted molar refractivity (Wildman–Crippen MR) is 121 cm³/mol. The van der Waals surface area contributed by atoms with Gasteiger partial charge < -0.3 is 16.0 Å². The molecule has 0 fully saturated rings. The lowest BCUT2D eigenvalue weighted by molar-refractivity contribution is -0.116. The standard InChI is InChI=1S/C23H23N3O2S/c27-22(15-8-16-29-21-13-5-2-6-14-21)24-19-11-7-12-20(17-19)26-23(28)25-18-9-3-1-4-10-18/h1-7,9-14,17H,8,15-16H2,(H,24,27)(H2,25,26,28). The molecule has 0 atom stereocenters. The predicted octanol–water partition coefficient (Wildman–Crippen LogP) is 5.84. The van der Waals surface area contributed by atoms with Crippen molar-refractivity contribution in [1.82, 2.24) is 0 Å². The minimum atomic E-state index is -0.336. The van der Waals surface area contributed by atoms with Crippen LogP contribution >= 0.6 is 11.8 Å². The van der Waals surface area contributed by atoms with Crippen LogP contribution in [0.2, 0.25) is 0 Å². The van der Waals surface area contributed by atoms with E-state index in [1.165, 1.54) is 4.90 Å². The lowest BCUT2D eigenvalue weighted by atomic mass is 10.2. The van der Waals surface area contributed by atoms with Crippen molar-refractivity contribution in [3.8, 4) is 0 Å². The first-order valence-electron chi connectivity index (χ1n) is 9.40. The molecule has 0 saturated carbocycles. The molecule has 0 spiro atoms.